The molecule has 0 fully saturated rings. The summed E-state index contributed by atoms with van der Waals surface area (Å²) >= 11 is 0. The van der Waals surface area contributed by atoms with Crippen molar-refractivity contribution in [1.29, 1.82) is 0 Å². The molecule has 8 heavy (non-hydrogen) atoms. The predicted octanol–water partition coefficient (Wildman–Crippen LogP) is -0.674. The van der Waals surface area contributed by atoms with Gasteiger partial charge in [0.25, 0.3) is 0 Å². The molecule has 0 saturated heterocycles. The van der Waals surface area contributed by atoms with Gasteiger partial charge in [0.1, 0.15) is 12.5 Å². The van der Waals surface area contributed by atoms with Crippen LogP contribution in [0.2, 0.25) is 0 Å². The van der Waals surface area contributed by atoms with Gasteiger partial charge in [0.15, 0.2) is 0 Å². The van der Waals surface area contributed by atoms with Crippen LogP contribution in [-0.4, -0.2) is 11.0 Å². The molecule has 0 saturated carbocycles. The van der Waals surface area contributed by atoms with Crippen LogP contribution in [0, 0.1) is 0 Å². The fourth-order valence-corrected chi connectivity index (χ4v) is 0.219. The number of hydrogen-bond donors (Lipinski definition) is 0. The lowest BCUT2D eigenvalue weighted by molar-refractivity contribution is -0.198. The van der Waals surface area contributed by atoms with Gasteiger partial charge in [-0.05, 0) is 12.2 Å². The Balaban J connectivity index is 0. The number of allylic oxidation sites excluding steroid dienone is 2. The standard InChI is InChI=1S/C4H4O2.2H2O/c1-2-4-6-5-3-1;;/h1-4H;2*1H2. The summed E-state index contributed by atoms with van der Waals surface area (Å²) in [5.41, 5.74) is 0. The average molecular weight is 120 g/mol. The molecule has 0 radical (unpaired) electrons. The van der Waals surface area contributed by atoms with Gasteiger partial charge in [0.2, 0.25) is 0 Å². The van der Waals surface area contributed by atoms with Gasteiger partial charge < -0.3 is 11.0 Å². The zero-order chi connectivity index (χ0) is 4.24. The van der Waals surface area contributed by atoms with E-state index in [-0.39, 0.29) is 11.0 Å². The summed E-state index contributed by atoms with van der Waals surface area (Å²) in [5.74, 6) is 0. The van der Waals surface area contributed by atoms with Crippen molar-refractivity contribution in [3.05, 3.63) is 24.7 Å². The molecule has 4 nitrogen and oxygen atoms in total. The summed E-state index contributed by atoms with van der Waals surface area (Å²) in [4.78, 5) is 8.60. The van der Waals surface area contributed by atoms with E-state index in [1.54, 1.807) is 12.2 Å². The topological polar surface area (TPSA) is 81.5 Å². The van der Waals surface area contributed by atoms with Crippen molar-refractivity contribution in [1.82, 2.24) is 0 Å². The summed E-state index contributed by atoms with van der Waals surface area (Å²) in [7, 11) is 0. The molecule has 4 heteroatoms. The van der Waals surface area contributed by atoms with Crippen LogP contribution in [0.4, 0.5) is 0 Å². The second kappa shape index (κ2) is 6.00. The highest BCUT2D eigenvalue weighted by Crippen LogP contribution is 1.89. The average Bonchev–Trinajstić information content (AvgIpc) is 1.72. The minimum Gasteiger partial charge on any atom is -0.412 e. The first-order valence-corrected chi connectivity index (χ1v) is 1.64. The lowest BCUT2D eigenvalue weighted by Gasteiger charge is -1.94. The van der Waals surface area contributed by atoms with Gasteiger partial charge in [-0.1, -0.05) is 0 Å². The minimum atomic E-state index is 0. The van der Waals surface area contributed by atoms with Crippen molar-refractivity contribution in [2.45, 2.75) is 0 Å². The molecule has 1 aliphatic rings. The SMILES string of the molecule is C1=COOC=C1.O.O. The molecule has 0 unspecified atom stereocenters. The van der Waals surface area contributed by atoms with Crippen molar-refractivity contribution < 1.29 is 20.7 Å². The second-order valence-corrected chi connectivity index (χ2v) is 0.850. The van der Waals surface area contributed by atoms with E-state index in [4.69, 9.17) is 0 Å². The molecule has 1 rings (SSSR count). The number of rotatable bonds is 0. The maximum atomic E-state index is 4.30. The Morgan fingerprint density at radius 3 is 1.25 bits per heavy atom. The fourth-order valence-electron chi connectivity index (χ4n) is 0.219. The molecule has 1 heterocycles. The van der Waals surface area contributed by atoms with E-state index in [9.17, 15) is 0 Å². The van der Waals surface area contributed by atoms with E-state index in [0.717, 1.165) is 0 Å². The Bertz CT molecular complexity index is 74.0. The van der Waals surface area contributed by atoms with Gasteiger partial charge in [-0.2, -0.15) is 0 Å². The summed E-state index contributed by atoms with van der Waals surface area (Å²) in [5, 5.41) is 0. The van der Waals surface area contributed by atoms with Crippen LogP contribution in [0.15, 0.2) is 24.7 Å². The largest absolute Gasteiger partial charge is 0.412 e. The third-order valence-electron chi connectivity index (χ3n) is 0.435. The van der Waals surface area contributed by atoms with Gasteiger partial charge in [-0.3, -0.25) is 9.78 Å². The van der Waals surface area contributed by atoms with Gasteiger partial charge in [0.05, 0.1) is 0 Å². The lowest BCUT2D eigenvalue weighted by atomic mass is 10.6. The first kappa shape index (κ1) is 10.1. The summed E-state index contributed by atoms with van der Waals surface area (Å²) in [6.07, 6.45) is 6.40. The monoisotopic (exact) mass is 120 g/mol. The van der Waals surface area contributed by atoms with E-state index in [1.807, 2.05) is 0 Å². The maximum absolute atomic E-state index is 4.30. The van der Waals surface area contributed by atoms with Gasteiger partial charge in [-0.15, -0.1) is 0 Å². The Kier molecular flexibility index (Phi) is 7.56. The van der Waals surface area contributed by atoms with Crippen LogP contribution in [0.1, 0.15) is 0 Å². The third-order valence-corrected chi connectivity index (χ3v) is 0.435. The molecule has 0 aliphatic carbocycles. The van der Waals surface area contributed by atoms with E-state index >= 15 is 0 Å². The fraction of sp³-hybridized carbons (Fsp3) is 0. The van der Waals surface area contributed by atoms with E-state index in [0.29, 0.717) is 0 Å². The van der Waals surface area contributed by atoms with Crippen LogP contribution in [0.3, 0.4) is 0 Å². The summed E-state index contributed by atoms with van der Waals surface area (Å²) in [6, 6.07) is 0. The molecule has 4 N–H and O–H groups in total. The Hall–Kier alpha value is -1.00. The van der Waals surface area contributed by atoms with Crippen LogP contribution in [-0.2, 0) is 9.78 Å². The van der Waals surface area contributed by atoms with Gasteiger partial charge in [-0.25, -0.2) is 0 Å². The number of hydrogen-bond acceptors (Lipinski definition) is 2. The molecule has 1 aliphatic heterocycles. The first-order chi connectivity index (χ1) is 3.00. The lowest BCUT2D eigenvalue weighted by Crippen LogP contribution is -1.78. The summed E-state index contributed by atoms with van der Waals surface area (Å²) < 4.78 is 0. The Labute approximate surface area is 46.6 Å². The molecule has 0 atom stereocenters. The van der Waals surface area contributed by atoms with Crippen molar-refractivity contribution in [2.75, 3.05) is 0 Å². The highest BCUT2D eigenvalue weighted by atomic mass is 17.2. The molecular formula is C4H8O4. The highest BCUT2D eigenvalue weighted by molar-refractivity contribution is 4.97. The van der Waals surface area contributed by atoms with E-state index in [1.165, 1.54) is 12.5 Å². The van der Waals surface area contributed by atoms with Crippen molar-refractivity contribution >= 4 is 0 Å². The zero-order valence-electron chi connectivity index (χ0n) is 4.13. The van der Waals surface area contributed by atoms with E-state index in [2.05, 4.69) is 9.78 Å². The molecular weight excluding hydrogens is 112 g/mol. The van der Waals surface area contributed by atoms with Gasteiger partial charge >= 0.3 is 0 Å². The highest BCUT2D eigenvalue weighted by Gasteiger charge is 1.75. The van der Waals surface area contributed by atoms with Crippen molar-refractivity contribution in [3.8, 4) is 0 Å². The Morgan fingerprint density at radius 2 is 1.12 bits per heavy atom. The molecule has 0 aromatic rings. The predicted molar refractivity (Wildman–Crippen MR) is 27.7 cm³/mol. The van der Waals surface area contributed by atoms with Crippen molar-refractivity contribution in [2.24, 2.45) is 0 Å². The van der Waals surface area contributed by atoms with Crippen molar-refractivity contribution in [3.63, 3.8) is 0 Å². The minimum absolute atomic E-state index is 0. The molecule has 0 amide bonds. The smallest absolute Gasteiger partial charge is 0.142 e. The molecule has 0 bridgehead atoms. The van der Waals surface area contributed by atoms with Crippen LogP contribution < -0.4 is 0 Å². The van der Waals surface area contributed by atoms with E-state index < -0.39 is 0 Å². The normalized spacial score (nSPS) is 12.0. The van der Waals surface area contributed by atoms with Crippen LogP contribution in [0.25, 0.3) is 0 Å². The second-order valence-electron chi connectivity index (χ2n) is 0.850. The quantitative estimate of drug-likeness (QED) is 0.397. The third kappa shape index (κ3) is 3.20. The molecule has 48 valence electrons. The first-order valence-electron chi connectivity index (χ1n) is 1.64. The summed E-state index contributed by atoms with van der Waals surface area (Å²) in [6.45, 7) is 0. The Morgan fingerprint density at radius 1 is 0.750 bits per heavy atom. The molecule has 0 aromatic heterocycles. The maximum Gasteiger partial charge on any atom is 0.142 e. The molecule has 0 aromatic carbocycles. The van der Waals surface area contributed by atoms with Crippen LogP contribution in [0.5, 0.6) is 0 Å². The van der Waals surface area contributed by atoms with Crippen LogP contribution >= 0.6 is 0 Å². The molecule has 0 spiro atoms. The zero-order valence-corrected chi connectivity index (χ0v) is 4.13. The van der Waals surface area contributed by atoms with Gasteiger partial charge in [0, 0.05) is 0 Å².